The number of hydrogen-bond donors (Lipinski definition) is 4. The van der Waals surface area contributed by atoms with E-state index in [0.29, 0.717) is 6.17 Å². The molecule has 2 rings (SSSR count). The first kappa shape index (κ1) is 17.4. The van der Waals surface area contributed by atoms with Crippen molar-refractivity contribution >= 4 is 0 Å². The summed E-state index contributed by atoms with van der Waals surface area (Å²) in [6.45, 7) is 13.6. The molecule has 0 aromatic carbocycles. The average molecular weight is 306 g/mol. The van der Waals surface area contributed by atoms with Gasteiger partial charge in [-0.15, -0.1) is 0 Å². The van der Waals surface area contributed by atoms with E-state index in [1.165, 1.54) is 18.4 Å². The zero-order valence-corrected chi connectivity index (χ0v) is 14.9. The lowest BCUT2D eigenvalue weighted by Crippen LogP contribution is -2.51. The fraction of sp³-hybridized carbons (Fsp3) is 0.778. The minimum Gasteiger partial charge on any atom is -0.371 e. The molecule has 1 unspecified atom stereocenters. The summed E-state index contributed by atoms with van der Waals surface area (Å²) < 4.78 is 0. The van der Waals surface area contributed by atoms with Gasteiger partial charge in [0.05, 0.1) is 6.17 Å². The normalized spacial score (nSPS) is 24.8. The molecule has 4 nitrogen and oxygen atoms in total. The van der Waals surface area contributed by atoms with Gasteiger partial charge in [-0.05, 0) is 55.6 Å². The molecule has 0 radical (unpaired) electrons. The van der Waals surface area contributed by atoms with E-state index in [0.717, 1.165) is 19.5 Å². The van der Waals surface area contributed by atoms with Crippen LogP contribution in [-0.4, -0.2) is 25.4 Å². The fourth-order valence-electron chi connectivity index (χ4n) is 3.14. The van der Waals surface area contributed by atoms with Crippen LogP contribution in [0.2, 0.25) is 0 Å². The van der Waals surface area contributed by atoms with Crippen LogP contribution in [-0.2, 0) is 0 Å². The van der Waals surface area contributed by atoms with E-state index in [2.05, 4.69) is 74.4 Å². The van der Waals surface area contributed by atoms with Crippen LogP contribution in [0, 0.1) is 10.8 Å². The smallest absolute Gasteiger partial charge is 0.100 e. The Morgan fingerprint density at radius 1 is 0.955 bits per heavy atom. The van der Waals surface area contributed by atoms with Crippen LogP contribution in [0.3, 0.4) is 0 Å². The highest BCUT2D eigenvalue weighted by atomic mass is 15.1. The Bertz CT molecular complexity index is 409. The summed E-state index contributed by atoms with van der Waals surface area (Å²) >= 11 is 0. The van der Waals surface area contributed by atoms with Crippen molar-refractivity contribution in [2.75, 3.05) is 13.1 Å². The second-order valence-electron chi connectivity index (χ2n) is 8.40. The molecule has 2 heterocycles. The molecule has 1 saturated heterocycles. The van der Waals surface area contributed by atoms with Crippen molar-refractivity contribution in [3.8, 4) is 0 Å². The Morgan fingerprint density at radius 2 is 1.59 bits per heavy atom. The molecule has 0 aromatic rings. The minimum atomic E-state index is 0.170. The number of rotatable bonds is 3. The van der Waals surface area contributed by atoms with Crippen LogP contribution in [0.5, 0.6) is 0 Å². The summed E-state index contributed by atoms with van der Waals surface area (Å²) in [5.41, 5.74) is 1.69. The second kappa shape index (κ2) is 7.05. The van der Waals surface area contributed by atoms with Crippen molar-refractivity contribution in [3.63, 3.8) is 0 Å². The second-order valence-corrected chi connectivity index (χ2v) is 8.40. The van der Waals surface area contributed by atoms with Gasteiger partial charge in [-0.3, -0.25) is 0 Å². The molecule has 0 aliphatic carbocycles. The van der Waals surface area contributed by atoms with E-state index in [1.54, 1.807) is 0 Å². The first-order valence-electron chi connectivity index (χ1n) is 8.63. The molecule has 4 heteroatoms. The van der Waals surface area contributed by atoms with Gasteiger partial charge in [0.15, 0.2) is 0 Å². The Hall–Kier alpha value is -1.00. The van der Waals surface area contributed by atoms with Crippen LogP contribution in [0.1, 0.15) is 53.9 Å². The molecular weight excluding hydrogens is 272 g/mol. The van der Waals surface area contributed by atoms with Gasteiger partial charge in [0.2, 0.25) is 0 Å². The summed E-state index contributed by atoms with van der Waals surface area (Å²) in [6.07, 6.45) is 10.7. The molecule has 22 heavy (non-hydrogen) atoms. The summed E-state index contributed by atoms with van der Waals surface area (Å²) in [5, 5.41) is 14.3. The summed E-state index contributed by atoms with van der Waals surface area (Å²) in [4.78, 5) is 0. The highest BCUT2D eigenvalue weighted by molar-refractivity contribution is 5.22. The quantitative estimate of drug-likeness (QED) is 0.647. The molecule has 0 bridgehead atoms. The molecule has 4 N–H and O–H groups in total. The molecule has 2 aliphatic heterocycles. The number of nitrogens with one attached hydrogen (secondary N) is 4. The van der Waals surface area contributed by atoms with Gasteiger partial charge in [-0.2, -0.15) is 0 Å². The van der Waals surface area contributed by atoms with Crippen molar-refractivity contribution in [3.05, 3.63) is 24.0 Å². The lowest BCUT2D eigenvalue weighted by molar-refractivity contribution is 0.212. The monoisotopic (exact) mass is 306 g/mol. The zero-order chi connectivity index (χ0) is 16.2. The van der Waals surface area contributed by atoms with Crippen LogP contribution in [0.15, 0.2) is 24.0 Å². The lowest BCUT2D eigenvalue weighted by Gasteiger charge is -2.35. The van der Waals surface area contributed by atoms with E-state index in [9.17, 15) is 0 Å². The van der Waals surface area contributed by atoms with Gasteiger partial charge in [0, 0.05) is 11.6 Å². The van der Waals surface area contributed by atoms with Crippen LogP contribution in [0.4, 0.5) is 0 Å². The number of allylic oxidation sites excluding steroid dienone is 2. The third kappa shape index (κ3) is 4.75. The molecule has 2 aliphatic rings. The van der Waals surface area contributed by atoms with Crippen molar-refractivity contribution in [1.29, 1.82) is 0 Å². The molecule has 0 aromatic heterocycles. The van der Waals surface area contributed by atoms with Crippen LogP contribution < -0.4 is 21.3 Å². The van der Waals surface area contributed by atoms with E-state index >= 15 is 0 Å². The molecule has 0 saturated carbocycles. The topological polar surface area (TPSA) is 48.1 Å². The van der Waals surface area contributed by atoms with Crippen molar-refractivity contribution in [2.45, 2.75) is 66.2 Å². The van der Waals surface area contributed by atoms with Crippen molar-refractivity contribution in [1.82, 2.24) is 21.3 Å². The Kier molecular flexibility index (Phi) is 5.56. The fourth-order valence-corrected chi connectivity index (χ4v) is 3.14. The largest absolute Gasteiger partial charge is 0.371 e. The first-order chi connectivity index (χ1) is 10.3. The lowest BCUT2D eigenvalue weighted by atomic mass is 9.82. The standard InChI is InChI=1S/C18H34N4/c1-17(2,3)15-21-11-8-14(13-22-15)12-18(4,5)16-19-9-6-7-10-20-16/h8,11,13,15-16,19-22H,6-7,9-10,12H2,1-5H3. The maximum atomic E-state index is 3.66. The predicted molar refractivity (Wildman–Crippen MR) is 94.2 cm³/mol. The van der Waals surface area contributed by atoms with Gasteiger partial charge >= 0.3 is 0 Å². The van der Waals surface area contributed by atoms with E-state index in [4.69, 9.17) is 0 Å². The minimum absolute atomic E-state index is 0.170. The Morgan fingerprint density at radius 3 is 2.18 bits per heavy atom. The van der Waals surface area contributed by atoms with Gasteiger partial charge in [-0.25, -0.2) is 0 Å². The summed E-state index contributed by atoms with van der Waals surface area (Å²) in [6, 6.07) is 0. The average Bonchev–Trinajstić information content (AvgIpc) is 2.79. The SMILES string of the molecule is CC(C)(C)C1NC=CC(CC(C)(C)C2NCCCCN2)=CN1. The van der Waals surface area contributed by atoms with E-state index in [-0.39, 0.29) is 17.0 Å². The highest BCUT2D eigenvalue weighted by Crippen LogP contribution is 2.30. The Labute approximate surface area is 136 Å². The Balaban J connectivity index is 2.00. The van der Waals surface area contributed by atoms with Gasteiger partial charge < -0.3 is 21.3 Å². The summed E-state index contributed by atoms with van der Waals surface area (Å²) in [5.74, 6) is 0. The maximum absolute atomic E-state index is 3.66. The van der Waals surface area contributed by atoms with Crippen LogP contribution >= 0.6 is 0 Å². The highest BCUT2D eigenvalue weighted by Gasteiger charge is 2.31. The first-order valence-corrected chi connectivity index (χ1v) is 8.63. The van der Waals surface area contributed by atoms with Gasteiger partial charge in [0.25, 0.3) is 0 Å². The molecule has 0 spiro atoms. The molecule has 0 amide bonds. The third-order valence-electron chi connectivity index (χ3n) is 4.60. The number of hydrogen-bond acceptors (Lipinski definition) is 4. The molecule has 1 fully saturated rings. The van der Waals surface area contributed by atoms with Gasteiger partial charge in [0.1, 0.15) is 6.17 Å². The predicted octanol–water partition coefficient (Wildman–Crippen LogP) is 2.66. The van der Waals surface area contributed by atoms with E-state index < -0.39 is 0 Å². The van der Waals surface area contributed by atoms with Crippen molar-refractivity contribution < 1.29 is 0 Å². The van der Waals surface area contributed by atoms with Gasteiger partial charge in [-0.1, -0.05) is 34.6 Å². The molecular formula is C18H34N4. The maximum Gasteiger partial charge on any atom is 0.100 e. The summed E-state index contributed by atoms with van der Waals surface area (Å²) in [7, 11) is 0. The zero-order valence-electron chi connectivity index (χ0n) is 14.9. The van der Waals surface area contributed by atoms with E-state index in [1.807, 2.05) is 0 Å². The third-order valence-corrected chi connectivity index (χ3v) is 4.60. The molecule has 126 valence electrons. The van der Waals surface area contributed by atoms with Crippen LogP contribution in [0.25, 0.3) is 0 Å². The molecule has 1 atom stereocenters. The van der Waals surface area contributed by atoms with Crippen molar-refractivity contribution in [2.24, 2.45) is 10.8 Å².